The topological polar surface area (TPSA) is 136 Å². The van der Waals surface area contributed by atoms with E-state index in [4.69, 9.17) is 0 Å². The van der Waals surface area contributed by atoms with E-state index >= 15 is 0 Å². The number of hydrogen-bond acceptors (Lipinski definition) is 6. The minimum atomic E-state index is -3.68. The molecule has 0 spiro atoms. The second-order valence-electron chi connectivity index (χ2n) is 10.2. The van der Waals surface area contributed by atoms with Gasteiger partial charge in [-0.25, -0.2) is 17.2 Å². The van der Waals surface area contributed by atoms with Crippen molar-refractivity contribution in [3.63, 3.8) is 0 Å². The molecule has 3 atom stereocenters. The van der Waals surface area contributed by atoms with Crippen LogP contribution >= 0.6 is 0 Å². The van der Waals surface area contributed by atoms with Gasteiger partial charge in [-0.3, -0.25) is 9.59 Å². The number of sulfonamides is 1. The van der Waals surface area contributed by atoms with Crippen LogP contribution in [0.3, 0.4) is 0 Å². The Labute approximate surface area is 227 Å². The number of hydrogen-bond donors (Lipinski definition) is 4. The van der Waals surface area contributed by atoms with E-state index in [1.165, 1.54) is 28.6 Å². The quantitative estimate of drug-likeness (QED) is 0.310. The van der Waals surface area contributed by atoms with Gasteiger partial charge < -0.3 is 20.8 Å². The minimum Gasteiger partial charge on any atom is -0.390 e. The van der Waals surface area contributed by atoms with Crippen molar-refractivity contribution in [2.45, 2.75) is 62.7 Å². The van der Waals surface area contributed by atoms with Crippen molar-refractivity contribution in [3.8, 4) is 0 Å². The van der Waals surface area contributed by atoms with Gasteiger partial charge in [0.1, 0.15) is 17.7 Å². The van der Waals surface area contributed by atoms with Crippen LogP contribution in [0.4, 0.5) is 8.78 Å². The van der Waals surface area contributed by atoms with E-state index in [1.54, 1.807) is 0 Å². The van der Waals surface area contributed by atoms with Crippen LogP contribution in [0.25, 0.3) is 0 Å². The average molecular weight is 568 g/mol. The molecule has 0 saturated carbocycles. The van der Waals surface area contributed by atoms with Gasteiger partial charge in [-0.2, -0.15) is 4.31 Å². The number of amides is 2. The summed E-state index contributed by atoms with van der Waals surface area (Å²) in [5, 5.41) is 26.6. The Balaban J connectivity index is 1.77. The summed E-state index contributed by atoms with van der Waals surface area (Å²) in [5.74, 6) is -2.76. The Morgan fingerprint density at radius 1 is 1.00 bits per heavy atom. The maximum absolute atomic E-state index is 13.8. The fourth-order valence-corrected chi connectivity index (χ4v) is 5.83. The van der Waals surface area contributed by atoms with Crippen molar-refractivity contribution in [1.29, 1.82) is 0 Å². The van der Waals surface area contributed by atoms with Crippen molar-refractivity contribution in [2.24, 2.45) is 5.92 Å². The number of halogens is 2. The first kappa shape index (κ1) is 30.6. The van der Waals surface area contributed by atoms with Gasteiger partial charge in [0, 0.05) is 31.3 Å². The van der Waals surface area contributed by atoms with E-state index in [1.807, 2.05) is 13.8 Å². The molecule has 1 aliphatic rings. The molecule has 214 valence electrons. The highest BCUT2D eigenvalue weighted by Crippen LogP contribution is 2.21. The first-order valence-corrected chi connectivity index (χ1v) is 14.3. The molecular formula is C27H35F2N3O6S. The third-order valence-corrected chi connectivity index (χ3v) is 8.34. The number of rotatable bonds is 12. The molecule has 0 radical (unpaired) electrons. The standard InChI is InChI=1S/C27H35F2N3O6S/c1-17(2)16-30-25(34)15-24(33)26(35)23(13-18-11-20(28)14-21(29)12-18)31-27(36)19-5-7-22(8-6-19)39(37,38)32-9-3-4-10-32/h5-8,11-12,14,17,23-24,26,33,35H,3-4,9-10,13,15-16H2,1-2H3,(H,30,34)(H,31,36). The summed E-state index contributed by atoms with van der Waals surface area (Å²) in [5.41, 5.74) is 0.183. The molecular weight excluding hydrogens is 532 g/mol. The molecule has 12 heteroatoms. The lowest BCUT2D eigenvalue weighted by Gasteiger charge is -2.28. The van der Waals surface area contributed by atoms with E-state index in [0.29, 0.717) is 25.7 Å². The summed E-state index contributed by atoms with van der Waals surface area (Å²) in [6.07, 6.45) is -2.41. The molecule has 1 saturated heterocycles. The van der Waals surface area contributed by atoms with Crippen LogP contribution in [0.1, 0.15) is 49.0 Å². The molecule has 9 nitrogen and oxygen atoms in total. The Bertz CT molecular complexity index is 1230. The second-order valence-corrected chi connectivity index (χ2v) is 12.1. The third kappa shape index (κ3) is 8.53. The first-order chi connectivity index (χ1) is 18.4. The second kappa shape index (κ2) is 13.4. The van der Waals surface area contributed by atoms with Crippen LogP contribution in [0.5, 0.6) is 0 Å². The number of nitrogens with one attached hydrogen (secondary N) is 2. The molecule has 4 N–H and O–H groups in total. The summed E-state index contributed by atoms with van der Waals surface area (Å²) in [6, 6.07) is 6.77. The van der Waals surface area contributed by atoms with E-state index in [0.717, 1.165) is 25.0 Å². The van der Waals surface area contributed by atoms with Crippen molar-refractivity contribution in [2.75, 3.05) is 19.6 Å². The highest BCUT2D eigenvalue weighted by atomic mass is 32.2. The van der Waals surface area contributed by atoms with Crippen molar-refractivity contribution >= 4 is 21.8 Å². The molecule has 1 fully saturated rings. The number of carbonyl (C=O) groups is 2. The lowest BCUT2D eigenvalue weighted by atomic mass is 9.95. The lowest BCUT2D eigenvalue weighted by molar-refractivity contribution is -0.125. The largest absolute Gasteiger partial charge is 0.390 e. The minimum absolute atomic E-state index is 0.0376. The smallest absolute Gasteiger partial charge is 0.251 e. The summed E-state index contributed by atoms with van der Waals surface area (Å²) < 4.78 is 54.5. The van der Waals surface area contributed by atoms with Gasteiger partial charge >= 0.3 is 0 Å². The SMILES string of the molecule is CC(C)CNC(=O)CC(O)C(O)C(Cc1cc(F)cc(F)c1)NC(=O)c1ccc(S(=O)(=O)N2CCCC2)cc1. The summed E-state index contributed by atoms with van der Waals surface area (Å²) in [7, 11) is -3.68. The van der Waals surface area contributed by atoms with E-state index in [-0.39, 0.29) is 28.4 Å². The van der Waals surface area contributed by atoms with Gasteiger partial charge in [-0.05, 0) is 67.1 Å². The fraction of sp³-hybridized carbons (Fsp3) is 0.481. The van der Waals surface area contributed by atoms with Crippen molar-refractivity contribution in [1.82, 2.24) is 14.9 Å². The highest BCUT2D eigenvalue weighted by molar-refractivity contribution is 7.89. The van der Waals surface area contributed by atoms with E-state index < -0.39 is 58.1 Å². The predicted molar refractivity (Wildman–Crippen MR) is 140 cm³/mol. The molecule has 1 aliphatic heterocycles. The Morgan fingerprint density at radius 3 is 2.15 bits per heavy atom. The normalized spacial score (nSPS) is 16.6. The maximum atomic E-state index is 13.8. The average Bonchev–Trinajstić information content (AvgIpc) is 3.42. The molecule has 3 unspecified atom stereocenters. The van der Waals surface area contributed by atoms with Crippen molar-refractivity contribution in [3.05, 3.63) is 65.2 Å². The van der Waals surface area contributed by atoms with E-state index in [9.17, 15) is 37.0 Å². The zero-order chi connectivity index (χ0) is 28.7. The predicted octanol–water partition coefficient (Wildman–Crippen LogP) is 1.97. The van der Waals surface area contributed by atoms with Crippen LogP contribution < -0.4 is 10.6 Å². The Kier molecular flexibility index (Phi) is 10.5. The molecule has 0 bridgehead atoms. The molecule has 1 heterocycles. The summed E-state index contributed by atoms with van der Waals surface area (Å²) >= 11 is 0. The van der Waals surface area contributed by atoms with Crippen LogP contribution in [0, 0.1) is 17.6 Å². The Morgan fingerprint density at radius 2 is 1.59 bits per heavy atom. The Hall–Kier alpha value is -2.93. The van der Waals surface area contributed by atoms with Gasteiger partial charge in [-0.15, -0.1) is 0 Å². The van der Waals surface area contributed by atoms with Crippen LogP contribution in [-0.4, -0.2) is 72.6 Å². The number of benzene rings is 2. The third-order valence-electron chi connectivity index (χ3n) is 6.42. The molecule has 2 aromatic carbocycles. The van der Waals surface area contributed by atoms with Gasteiger partial charge in [0.2, 0.25) is 15.9 Å². The molecule has 39 heavy (non-hydrogen) atoms. The molecule has 2 amide bonds. The monoisotopic (exact) mass is 567 g/mol. The first-order valence-electron chi connectivity index (χ1n) is 12.9. The molecule has 3 rings (SSSR count). The lowest BCUT2D eigenvalue weighted by Crippen LogP contribution is -2.51. The zero-order valence-corrected chi connectivity index (χ0v) is 22.8. The molecule has 0 aliphatic carbocycles. The number of nitrogens with zero attached hydrogens (tertiary/aromatic N) is 1. The molecule has 0 aromatic heterocycles. The summed E-state index contributed by atoms with van der Waals surface area (Å²) in [6.45, 7) is 5.02. The van der Waals surface area contributed by atoms with E-state index in [2.05, 4.69) is 10.6 Å². The molecule has 2 aromatic rings. The van der Waals surface area contributed by atoms with Crippen LogP contribution in [0.15, 0.2) is 47.4 Å². The van der Waals surface area contributed by atoms with Crippen LogP contribution in [-0.2, 0) is 21.2 Å². The number of aliphatic hydroxyl groups is 2. The fourth-order valence-electron chi connectivity index (χ4n) is 4.32. The highest BCUT2D eigenvalue weighted by Gasteiger charge is 2.31. The maximum Gasteiger partial charge on any atom is 0.251 e. The number of aliphatic hydroxyl groups excluding tert-OH is 2. The number of carbonyl (C=O) groups excluding carboxylic acids is 2. The van der Waals surface area contributed by atoms with Gasteiger partial charge in [-0.1, -0.05) is 13.8 Å². The van der Waals surface area contributed by atoms with Gasteiger partial charge in [0.15, 0.2) is 0 Å². The zero-order valence-electron chi connectivity index (χ0n) is 21.9. The van der Waals surface area contributed by atoms with Gasteiger partial charge in [0.05, 0.1) is 23.5 Å². The summed E-state index contributed by atoms with van der Waals surface area (Å²) in [4.78, 5) is 25.2. The van der Waals surface area contributed by atoms with Gasteiger partial charge in [0.25, 0.3) is 5.91 Å². The van der Waals surface area contributed by atoms with Crippen molar-refractivity contribution < 1.29 is 37.0 Å². The van der Waals surface area contributed by atoms with Crippen LogP contribution in [0.2, 0.25) is 0 Å².